The zero-order valence-corrected chi connectivity index (χ0v) is 18.4. The van der Waals surface area contributed by atoms with Crippen LogP contribution in [0.5, 0.6) is 11.5 Å². The first kappa shape index (κ1) is 26.9. The van der Waals surface area contributed by atoms with Crippen molar-refractivity contribution in [3.63, 3.8) is 0 Å². The number of carbonyl (C=O) groups is 1. The second-order valence-corrected chi connectivity index (χ2v) is 7.78. The molecule has 0 saturated carbocycles. The quantitative estimate of drug-likeness (QED) is 0.352. The lowest BCUT2D eigenvalue weighted by molar-refractivity contribution is -0.376. The van der Waals surface area contributed by atoms with Crippen molar-refractivity contribution in [3.05, 3.63) is 95.6 Å². The SMILES string of the molecule is O=C(O)Cc1cccc(OC(COc2cccc(C(O)(C(F)(F)F)C(F)(F)F)c2)c2ccccc2)c1. The van der Waals surface area contributed by atoms with E-state index in [1.807, 2.05) is 0 Å². The van der Waals surface area contributed by atoms with Gasteiger partial charge >= 0.3 is 18.3 Å². The summed E-state index contributed by atoms with van der Waals surface area (Å²) >= 11 is 0. The van der Waals surface area contributed by atoms with Crippen molar-refractivity contribution in [1.82, 2.24) is 0 Å². The van der Waals surface area contributed by atoms with Gasteiger partial charge in [0.15, 0.2) is 6.10 Å². The molecule has 0 aliphatic heterocycles. The van der Waals surface area contributed by atoms with E-state index in [1.54, 1.807) is 48.5 Å². The van der Waals surface area contributed by atoms with E-state index in [-0.39, 0.29) is 24.5 Å². The molecule has 0 fully saturated rings. The molecule has 0 amide bonds. The van der Waals surface area contributed by atoms with Gasteiger partial charge in [0, 0.05) is 5.56 Å². The van der Waals surface area contributed by atoms with Crippen LogP contribution in [-0.2, 0) is 16.8 Å². The maximum absolute atomic E-state index is 13.2. The van der Waals surface area contributed by atoms with E-state index in [0.717, 1.165) is 12.1 Å². The molecule has 5 nitrogen and oxygen atoms in total. The minimum atomic E-state index is -6.03. The van der Waals surface area contributed by atoms with Crippen LogP contribution in [0.25, 0.3) is 0 Å². The number of alkyl halides is 6. The van der Waals surface area contributed by atoms with Gasteiger partial charge in [-0.15, -0.1) is 0 Å². The fourth-order valence-corrected chi connectivity index (χ4v) is 3.40. The Morgan fingerprint density at radius 3 is 2.03 bits per heavy atom. The van der Waals surface area contributed by atoms with Gasteiger partial charge in [-0.05, 0) is 35.4 Å². The molecule has 1 atom stereocenters. The highest BCUT2D eigenvalue weighted by Crippen LogP contribution is 2.50. The molecule has 2 N–H and O–H groups in total. The summed E-state index contributed by atoms with van der Waals surface area (Å²) in [7, 11) is 0. The molecule has 0 radical (unpaired) electrons. The highest BCUT2D eigenvalue weighted by atomic mass is 19.4. The highest BCUT2D eigenvalue weighted by Gasteiger charge is 2.71. The third kappa shape index (κ3) is 6.09. The summed E-state index contributed by atoms with van der Waals surface area (Å²) in [6, 6.07) is 17.7. The van der Waals surface area contributed by atoms with Crippen molar-refractivity contribution in [3.8, 4) is 11.5 Å². The van der Waals surface area contributed by atoms with Crippen LogP contribution in [0.4, 0.5) is 26.3 Å². The van der Waals surface area contributed by atoms with E-state index in [4.69, 9.17) is 14.6 Å². The fourth-order valence-electron chi connectivity index (χ4n) is 3.40. The standard InChI is InChI=1S/C25H20F6O5/c26-24(27,28)23(34,25(29,30)31)18-9-5-10-19(14-18)35-15-21(17-7-2-1-3-8-17)36-20-11-4-6-16(12-20)13-22(32)33/h1-12,14,21,34H,13,15H2,(H,32,33). The Labute approximate surface area is 201 Å². The average molecular weight is 514 g/mol. The Hall–Kier alpha value is -3.73. The molecule has 192 valence electrons. The van der Waals surface area contributed by atoms with Crippen LogP contribution < -0.4 is 9.47 Å². The van der Waals surface area contributed by atoms with Crippen LogP contribution in [0.1, 0.15) is 22.8 Å². The van der Waals surface area contributed by atoms with E-state index in [9.17, 15) is 36.2 Å². The zero-order valence-electron chi connectivity index (χ0n) is 18.4. The fraction of sp³-hybridized carbons (Fsp3) is 0.240. The number of carboxylic acids is 1. The predicted molar refractivity (Wildman–Crippen MR) is 116 cm³/mol. The van der Waals surface area contributed by atoms with Gasteiger partial charge in [-0.2, -0.15) is 26.3 Å². The Balaban J connectivity index is 1.87. The average Bonchev–Trinajstić information content (AvgIpc) is 2.80. The van der Waals surface area contributed by atoms with Crippen molar-refractivity contribution in [2.45, 2.75) is 30.5 Å². The predicted octanol–water partition coefficient (Wildman–Crippen LogP) is 5.83. The van der Waals surface area contributed by atoms with Crippen LogP contribution in [0.3, 0.4) is 0 Å². The first-order valence-electron chi connectivity index (χ1n) is 10.4. The minimum Gasteiger partial charge on any atom is -0.489 e. The second-order valence-electron chi connectivity index (χ2n) is 7.78. The van der Waals surface area contributed by atoms with Gasteiger partial charge in [0.2, 0.25) is 0 Å². The summed E-state index contributed by atoms with van der Waals surface area (Å²) in [6.07, 6.45) is -13.2. The van der Waals surface area contributed by atoms with Crippen LogP contribution in [0, 0.1) is 0 Å². The molecular weight excluding hydrogens is 494 g/mol. The first-order chi connectivity index (χ1) is 16.8. The molecule has 1 unspecified atom stereocenters. The molecule has 0 aliphatic carbocycles. The van der Waals surface area contributed by atoms with E-state index < -0.39 is 35.6 Å². The lowest BCUT2D eigenvalue weighted by Gasteiger charge is -2.32. The van der Waals surface area contributed by atoms with E-state index in [1.165, 1.54) is 6.07 Å². The molecule has 0 saturated heterocycles. The lowest BCUT2D eigenvalue weighted by atomic mass is 9.92. The summed E-state index contributed by atoms with van der Waals surface area (Å²) in [6.45, 7) is -0.326. The lowest BCUT2D eigenvalue weighted by Crippen LogP contribution is -2.53. The number of hydrogen-bond acceptors (Lipinski definition) is 4. The number of aliphatic carboxylic acids is 1. The van der Waals surface area contributed by atoms with Gasteiger partial charge < -0.3 is 19.7 Å². The number of carboxylic acid groups (broad SMARTS) is 1. The Morgan fingerprint density at radius 1 is 0.806 bits per heavy atom. The molecule has 0 heterocycles. The number of aliphatic hydroxyl groups is 1. The maximum atomic E-state index is 13.2. The number of rotatable bonds is 9. The number of benzene rings is 3. The minimum absolute atomic E-state index is 0.252. The Kier molecular flexibility index (Phi) is 7.83. The zero-order chi connectivity index (χ0) is 26.6. The Morgan fingerprint density at radius 2 is 1.42 bits per heavy atom. The molecule has 11 heteroatoms. The van der Waals surface area contributed by atoms with Crippen LogP contribution in [0.2, 0.25) is 0 Å². The molecule has 0 aromatic heterocycles. The first-order valence-corrected chi connectivity index (χ1v) is 10.4. The van der Waals surface area contributed by atoms with Crippen molar-refractivity contribution >= 4 is 5.97 Å². The topological polar surface area (TPSA) is 76.0 Å². The molecule has 3 aromatic carbocycles. The summed E-state index contributed by atoms with van der Waals surface area (Å²) in [5.41, 5.74) is -5.49. The van der Waals surface area contributed by atoms with Gasteiger partial charge in [-0.3, -0.25) is 4.79 Å². The van der Waals surface area contributed by atoms with Crippen molar-refractivity contribution in [2.75, 3.05) is 6.61 Å². The molecule has 3 aromatic rings. The molecule has 0 spiro atoms. The smallest absolute Gasteiger partial charge is 0.430 e. The van der Waals surface area contributed by atoms with Crippen molar-refractivity contribution in [1.29, 1.82) is 0 Å². The Bertz CT molecular complexity index is 1160. The van der Waals surface area contributed by atoms with Crippen molar-refractivity contribution in [2.24, 2.45) is 0 Å². The van der Waals surface area contributed by atoms with E-state index >= 15 is 0 Å². The van der Waals surface area contributed by atoms with Crippen LogP contribution in [0.15, 0.2) is 78.9 Å². The number of halogens is 6. The molecule has 36 heavy (non-hydrogen) atoms. The van der Waals surface area contributed by atoms with Gasteiger partial charge in [0.05, 0.1) is 6.42 Å². The normalized spacial score (nSPS) is 13.2. The van der Waals surface area contributed by atoms with E-state index in [0.29, 0.717) is 23.3 Å². The summed E-state index contributed by atoms with van der Waals surface area (Å²) in [5.74, 6) is -1.13. The maximum Gasteiger partial charge on any atom is 0.430 e. The molecular formula is C25H20F6O5. The van der Waals surface area contributed by atoms with Gasteiger partial charge in [0.1, 0.15) is 18.1 Å². The van der Waals surface area contributed by atoms with E-state index in [2.05, 4.69) is 0 Å². The van der Waals surface area contributed by atoms with Crippen molar-refractivity contribution < 1.29 is 50.8 Å². The second kappa shape index (κ2) is 10.5. The van der Waals surface area contributed by atoms with Crippen LogP contribution >= 0.6 is 0 Å². The van der Waals surface area contributed by atoms with Gasteiger partial charge in [-0.25, -0.2) is 0 Å². The highest BCUT2D eigenvalue weighted by molar-refractivity contribution is 5.70. The summed E-state index contributed by atoms with van der Waals surface area (Å²) in [4.78, 5) is 11.0. The van der Waals surface area contributed by atoms with Crippen LogP contribution in [-0.4, -0.2) is 35.1 Å². The molecule has 0 bridgehead atoms. The number of hydrogen-bond donors (Lipinski definition) is 2. The van der Waals surface area contributed by atoms with Gasteiger partial charge in [0.25, 0.3) is 5.60 Å². The monoisotopic (exact) mass is 514 g/mol. The molecule has 3 rings (SSSR count). The molecule has 0 aliphatic rings. The summed E-state index contributed by atoms with van der Waals surface area (Å²) < 4.78 is 90.8. The van der Waals surface area contributed by atoms with Gasteiger partial charge in [-0.1, -0.05) is 54.6 Å². The third-order valence-corrected chi connectivity index (χ3v) is 5.18. The summed E-state index contributed by atoms with van der Waals surface area (Å²) in [5, 5.41) is 18.6. The third-order valence-electron chi connectivity index (χ3n) is 5.18. The largest absolute Gasteiger partial charge is 0.489 e. The number of ether oxygens (including phenoxy) is 2.